The summed E-state index contributed by atoms with van der Waals surface area (Å²) >= 11 is 0. The highest BCUT2D eigenvalue weighted by Crippen LogP contribution is 2.36. The van der Waals surface area contributed by atoms with Crippen molar-refractivity contribution in [3.8, 4) is 11.5 Å². The monoisotopic (exact) mass is 232 g/mol. The van der Waals surface area contributed by atoms with Gasteiger partial charge in [-0.15, -0.1) is 0 Å². The van der Waals surface area contributed by atoms with Crippen LogP contribution in [0.2, 0.25) is 0 Å². The van der Waals surface area contributed by atoms with Crippen LogP contribution in [0.4, 0.5) is 8.78 Å². The first-order valence-corrected chi connectivity index (χ1v) is 4.34. The zero-order valence-electron chi connectivity index (χ0n) is 8.41. The van der Waals surface area contributed by atoms with Crippen molar-refractivity contribution in [3.63, 3.8) is 0 Å². The first kappa shape index (κ1) is 12.2. The van der Waals surface area contributed by atoms with Crippen molar-refractivity contribution in [2.45, 2.75) is 12.3 Å². The van der Waals surface area contributed by atoms with Crippen LogP contribution < -0.4 is 4.74 Å². The number of carbonyl (C=O) groups is 1. The fourth-order valence-electron chi connectivity index (χ4n) is 1.21. The Morgan fingerprint density at radius 1 is 1.50 bits per heavy atom. The summed E-state index contributed by atoms with van der Waals surface area (Å²) in [6.07, 6.45) is -1.32. The van der Waals surface area contributed by atoms with Gasteiger partial charge in [0.05, 0.1) is 7.11 Å². The number of rotatable bonds is 4. The molecule has 0 radical (unpaired) electrons. The summed E-state index contributed by atoms with van der Waals surface area (Å²) in [5.74, 6) is -5.53. The molecule has 1 aromatic rings. The summed E-state index contributed by atoms with van der Waals surface area (Å²) < 4.78 is 31.3. The Hall–Kier alpha value is -1.85. The number of methoxy groups -OCH3 is 1. The second kappa shape index (κ2) is 4.34. The van der Waals surface area contributed by atoms with Crippen LogP contribution in [-0.4, -0.2) is 23.3 Å². The molecule has 6 heteroatoms. The fraction of sp³-hybridized carbons (Fsp3) is 0.300. The zero-order valence-corrected chi connectivity index (χ0v) is 8.41. The Labute approximate surface area is 90.1 Å². The van der Waals surface area contributed by atoms with E-state index in [0.717, 1.165) is 18.2 Å². The van der Waals surface area contributed by atoms with Gasteiger partial charge in [0.2, 0.25) is 0 Å². The first-order chi connectivity index (χ1) is 7.36. The van der Waals surface area contributed by atoms with Gasteiger partial charge in [-0.1, -0.05) is 0 Å². The Kier molecular flexibility index (Phi) is 3.31. The first-order valence-electron chi connectivity index (χ1n) is 4.34. The average molecular weight is 232 g/mol. The Bertz CT molecular complexity index is 404. The second-order valence-corrected chi connectivity index (χ2v) is 3.16. The lowest BCUT2D eigenvalue weighted by Crippen LogP contribution is -2.18. The predicted molar refractivity (Wildman–Crippen MR) is 50.8 cm³/mol. The molecule has 88 valence electrons. The van der Waals surface area contributed by atoms with E-state index in [1.54, 1.807) is 0 Å². The van der Waals surface area contributed by atoms with E-state index in [-0.39, 0.29) is 5.75 Å². The van der Waals surface area contributed by atoms with Crippen LogP contribution in [0.1, 0.15) is 12.0 Å². The van der Waals surface area contributed by atoms with Crippen LogP contribution in [0.3, 0.4) is 0 Å². The standard InChI is InChI=1S/C10H10F2O4/c1-16-8-3-2-6(4-7(8)13)10(11,12)5-9(14)15/h2-4,13H,5H2,1H3,(H,14,15). The summed E-state index contributed by atoms with van der Waals surface area (Å²) in [4.78, 5) is 10.2. The maximum absolute atomic E-state index is 13.3. The van der Waals surface area contributed by atoms with Crippen molar-refractivity contribution in [1.29, 1.82) is 0 Å². The normalized spacial score (nSPS) is 11.2. The minimum Gasteiger partial charge on any atom is -0.504 e. The van der Waals surface area contributed by atoms with E-state index in [1.807, 2.05) is 0 Å². The van der Waals surface area contributed by atoms with Crippen molar-refractivity contribution < 1.29 is 28.5 Å². The van der Waals surface area contributed by atoms with Crippen LogP contribution in [0.15, 0.2) is 18.2 Å². The highest BCUT2D eigenvalue weighted by atomic mass is 19.3. The molecule has 0 aliphatic heterocycles. The van der Waals surface area contributed by atoms with Gasteiger partial charge in [0.25, 0.3) is 5.92 Å². The molecule has 0 fully saturated rings. The van der Waals surface area contributed by atoms with E-state index in [0.29, 0.717) is 0 Å². The van der Waals surface area contributed by atoms with Crippen LogP contribution in [0.25, 0.3) is 0 Å². The summed E-state index contributed by atoms with van der Waals surface area (Å²) in [5.41, 5.74) is -0.562. The molecule has 0 aliphatic carbocycles. The third kappa shape index (κ3) is 2.59. The van der Waals surface area contributed by atoms with Gasteiger partial charge in [0.15, 0.2) is 11.5 Å². The molecular weight excluding hydrogens is 222 g/mol. The van der Waals surface area contributed by atoms with Gasteiger partial charge in [0.1, 0.15) is 6.42 Å². The molecule has 16 heavy (non-hydrogen) atoms. The smallest absolute Gasteiger partial charge is 0.309 e. The third-order valence-electron chi connectivity index (χ3n) is 1.97. The van der Waals surface area contributed by atoms with Crippen molar-refractivity contribution in [2.24, 2.45) is 0 Å². The van der Waals surface area contributed by atoms with E-state index in [9.17, 15) is 18.7 Å². The molecule has 1 rings (SSSR count). The Balaban J connectivity index is 3.04. The molecule has 0 amide bonds. The summed E-state index contributed by atoms with van der Waals surface area (Å²) in [6, 6.07) is 2.96. The third-order valence-corrected chi connectivity index (χ3v) is 1.97. The molecule has 0 unspecified atom stereocenters. The number of benzene rings is 1. The summed E-state index contributed by atoms with van der Waals surface area (Å²) in [7, 11) is 1.28. The fourth-order valence-corrected chi connectivity index (χ4v) is 1.21. The van der Waals surface area contributed by atoms with Crippen LogP contribution in [-0.2, 0) is 10.7 Å². The van der Waals surface area contributed by atoms with E-state index < -0.39 is 29.6 Å². The van der Waals surface area contributed by atoms with Crippen molar-refractivity contribution in [2.75, 3.05) is 7.11 Å². The molecule has 2 N–H and O–H groups in total. The molecule has 0 aromatic heterocycles. The topological polar surface area (TPSA) is 66.8 Å². The molecule has 1 aromatic carbocycles. The van der Waals surface area contributed by atoms with E-state index in [4.69, 9.17) is 5.11 Å². The molecule has 0 heterocycles. The number of aliphatic carboxylic acids is 1. The largest absolute Gasteiger partial charge is 0.504 e. The van der Waals surface area contributed by atoms with Gasteiger partial charge >= 0.3 is 5.97 Å². The molecule has 4 nitrogen and oxygen atoms in total. The predicted octanol–water partition coefficient (Wildman–Crippen LogP) is 1.97. The quantitative estimate of drug-likeness (QED) is 0.832. The van der Waals surface area contributed by atoms with E-state index in [2.05, 4.69) is 4.74 Å². The molecule has 0 saturated carbocycles. The number of carboxylic acids is 1. The van der Waals surface area contributed by atoms with Gasteiger partial charge in [-0.2, -0.15) is 0 Å². The summed E-state index contributed by atoms with van der Waals surface area (Å²) in [6.45, 7) is 0. The van der Waals surface area contributed by atoms with Crippen LogP contribution in [0, 0.1) is 0 Å². The molecule has 0 saturated heterocycles. The van der Waals surface area contributed by atoms with Crippen molar-refractivity contribution in [1.82, 2.24) is 0 Å². The van der Waals surface area contributed by atoms with Gasteiger partial charge in [-0.25, -0.2) is 8.78 Å². The zero-order chi connectivity index (χ0) is 12.3. The van der Waals surface area contributed by atoms with Gasteiger partial charge in [-0.05, 0) is 18.2 Å². The van der Waals surface area contributed by atoms with Crippen LogP contribution in [0.5, 0.6) is 11.5 Å². The molecule has 0 spiro atoms. The lowest BCUT2D eigenvalue weighted by atomic mass is 10.1. The highest BCUT2D eigenvalue weighted by molar-refractivity contribution is 5.68. The number of hydrogen-bond donors (Lipinski definition) is 2. The molecule has 0 atom stereocenters. The minimum atomic E-state index is -3.52. The van der Waals surface area contributed by atoms with Gasteiger partial charge in [0, 0.05) is 5.56 Å². The molecular formula is C10H10F2O4. The average Bonchev–Trinajstić information content (AvgIpc) is 2.15. The SMILES string of the molecule is COc1ccc(C(F)(F)CC(=O)O)cc1O. The number of carboxylic acid groups (broad SMARTS) is 1. The number of aromatic hydroxyl groups is 1. The van der Waals surface area contributed by atoms with E-state index >= 15 is 0 Å². The number of halogens is 2. The maximum Gasteiger partial charge on any atom is 0.309 e. The van der Waals surface area contributed by atoms with Crippen molar-refractivity contribution in [3.05, 3.63) is 23.8 Å². The Morgan fingerprint density at radius 2 is 2.12 bits per heavy atom. The van der Waals surface area contributed by atoms with Crippen LogP contribution >= 0.6 is 0 Å². The number of phenolic OH excluding ortho intramolecular Hbond substituents is 1. The van der Waals surface area contributed by atoms with Crippen molar-refractivity contribution >= 4 is 5.97 Å². The van der Waals surface area contributed by atoms with Gasteiger partial charge in [-0.3, -0.25) is 4.79 Å². The van der Waals surface area contributed by atoms with E-state index in [1.165, 1.54) is 7.11 Å². The number of ether oxygens (including phenoxy) is 1. The Morgan fingerprint density at radius 3 is 2.56 bits per heavy atom. The maximum atomic E-state index is 13.3. The number of phenols is 1. The number of alkyl halides is 2. The minimum absolute atomic E-state index is 0.0508. The number of hydrogen-bond acceptors (Lipinski definition) is 3. The highest BCUT2D eigenvalue weighted by Gasteiger charge is 2.35. The lowest BCUT2D eigenvalue weighted by Gasteiger charge is -2.15. The second-order valence-electron chi connectivity index (χ2n) is 3.16. The molecule has 0 bridgehead atoms. The molecule has 0 aliphatic rings. The summed E-state index contributed by atoms with van der Waals surface area (Å²) in [5, 5.41) is 17.6. The van der Waals surface area contributed by atoms with Gasteiger partial charge < -0.3 is 14.9 Å². The lowest BCUT2D eigenvalue weighted by molar-refractivity contribution is -0.145.